The van der Waals surface area contributed by atoms with Gasteiger partial charge >= 0.3 is 6.03 Å². The molecule has 8 heteroatoms. The van der Waals surface area contributed by atoms with E-state index in [1.807, 2.05) is 27.7 Å². The molecule has 8 nitrogen and oxygen atoms in total. The van der Waals surface area contributed by atoms with Gasteiger partial charge in [0.1, 0.15) is 12.1 Å². The van der Waals surface area contributed by atoms with Crippen molar-refractivity contribution in [3.63, 3.8) is 0 Å². The van der Waals surface area contributed by atoms with E-state index < -0.39 is 17.5 Å². The van der Waals surface area contributed by atoms with E-state index in [1.165, 1.54) is 0 Å². The number of rotatable bonds is 7. The van der Waals surface area contributed by atoms with Gasteiger partial charge in [-0.1, -0.05) is 33.8 Å². The zero-order valence-electron chi connectivity index (χ0n) is 19.1. The third kappa shape index (κ3) is 4.94. The highest BCUT2D eigenvalue weighted by Gasteiger charge is 2.50. The molecule has 0 aliphatic carbocycles. The number of carbonyl (C=O) groups is 3. The lowest BCUT2D eigenvalue weighted by Crippen LogP contribution is -2.46. The highest BCUT2D eigenvalue weighted by atomic mass is 16.5. The number of ether oxygens (including phenoxy) is 2. The first-order valence-electron chi connectivity index (χ1n) is 10.9. The van der Waals surface area contributed by atoms with Crippen LogP contribution in [0.1, 0.15) is 46.6 Å². The molecular weight excluding hydrogens is 398 g/mol. The fourth-order valence-electron chi connectivity index (χ4n) is 3.91. The zero-order valence-corrected chi connectivity index (χ0v) is 19.1. The topological polar surface area (TPSA) is 88.2 Å². The fraction of sp³-hybridized carbons (Fsp3) is 0.609. The molecule has 0 bridgehead atoms. The van der Waals surface area contributed by atoms with E-state index in [-0.39, 0.29) is 24.3 Å². The van der Waals surface area contributed by atoms with Crippen molar-refractivity contribution in [2.24, 2.45) is 11.8 Å². The second kappa shape index (κ2) is 9.16. The van der Waals surface area contributed by atoms with Gasteiger partial charge in [0.15, 0.2) is 11.5 Å². The first-order valence-corrected chi connectivity index (χ1v) is 10.9. The molecule has 0 radical (unpaired) electrons. The van der Waals surface area contributed by atoms with E-state index in [1.54, 1.807) is 30.0 Å². The quantitative estimate of drug-likeness (QED) is 0.671. The standard InChI is InChI=1S/C23H33N3O5/c1-15(2)12-25(13-16(3)4)20(27)14-26-21(28)23(5,24-22(26)29)17-7-8-18-19(11-17)31-10-6-9-30-18/h7-8,11,15-16H,6,9-10,12-14H2,1-5H3,(H,24,29). The van der Waals surface area contributed by atoms with Gasteiger partial charge in [0.25, 0.3) is 5.91 Å². The molecule has 1 N–H and O–H groups in total. The lowest BCUT2D eigenvalue weighted by Gasteiger charge is -2.28. The normalized spacial score (nSPS) is 20.8. The molecule has 1 fully saturated rings. The van der Waals surface area contributed by atoms with Crippen LogP contribution < -0.4 is 14.8 Å². The summed E-state index contributed by atoms with van der Waals surface area (Å²) in [7, 11) is 0. The molecule has 1 aromatic rings. The Morgan fingerprint density at radius 2 is 1.71 bits per heavy atom. The number of hydrogen-bond donors (Lipinski definition) is 1. The van der Waals surface area contributed by atoms with Crippen molar-refractivity contribution in [3.8, 4) is 11.5 Å². The lowest BCUT2D eigenvalue weighted by atomic mass is 9.91. The van der Waals surface area contributed by atoms with Crippen molar-refractivity contribution in [2.75, 3.05) is 32.8 Å². The Kier molecular flexibility index (Phi) is 6.77. The summed E-state index contributed by atoms with van der Waals surface area (Å²) in [5.41, 5.74) is -0.686. The first kappa shape index (κ1) is 22.9. The third-order valence-corrected chi connectivity index (χ3v) is 5.42. The second-order valence-electron chi connectivity index (χ2n) is 9.24. The minimum absolute atomic E-state index is 0.228. The van der Waals surface area contributed by atoms with E-state index in [9.17, 15) is 14.4 Å². The van der Waals surface area contributed by atoms with Gasteiger partial charge in [-0.2, -0.15) is 0 Å². The Morgan fingerprint density at radius 1 is 1.10 bits per heavy atom. The molecule has 1 aromatic carbocycles. The number of fused-ring (bicyclic) bond motifs is 1. The van der Waals surface area contributed by atoms with E-state index in [0.29, 0.717) is 43.4 Å². The molecule has 1 unspecified atom stereocenters. The molecule has 3 rings (SSSR count). The molecule has 0 aromatic heterocycles. The number of urea groups is 1. The predicted octanol–water partition coefficient (Wildman–Crippen LogP) is 2.76. The van der Waals surface area contributed by atoms with Gasteiger partial charge in [0.2, 0.25) is 5.91 Å². The molecule has 2 aliphatic heterocycles. The van der Waals surface area contributed by atoms with Gasteiger partial charge < -0.3 is 19.7 Å². The number of nitrogens with zero attached hydrogens (tertiary/aromatic N) is 2. The third-order valence-electron chi connectivity index (χ3n) is 5.42. The van der Waals surface area contributed by atoms with E-state index in [2.05, 4.69) is 5.32 Å². The summed E-state index contributed by atoms with van der Waals surface area (Å²) >= 11 is 0. The smallest absolute Gasteiger partial charge is 0.325 e. The van der Waals surface area contributed by atoms with E-state index in [4.69, 9.17) is 9.47 Å². The minimum atomic E-state index is -1.27. The number of benzene rings is 1. The van der Waals surface area contributed by atoms with Gasteiger partial charge in [0, 0.05) is 19.5 Å². The van der Waals surface area contributed by atoms with Crippen molar-refractivity contribution in [3.05, 3.63) is 23.8 Å². The number of hydrogen-bond acceptors (Lipinski definition) is 5. The zero-order chi connectivity index (χ0) is 22.8. The maximum Gasteiger partial charge on any atom is 0.325 e. The molecule has 4 amide bonds. The van der Waals surface area contributed by atoms with E-state index in [0.717, 1.165) is 11.3 Å². The molecule has 1 atom stereocenters. The van der Waals surface area contributed by atoms with Gasteiger partial charge in [-0.25, -0.2) is 4.79 Å². The van der Waals surface area contributed by atoms with Crippen LogP contribution in [0.3, 0.4) is 0 Å². The van der Waals surface area contributed by atoms with Gasteiger partial charge in [-0.15, -0.1) is 0 Å². The van der Waals surface area contributed by atoms with E-state index >= 15 is 0 Å². The number of carbonyl (C=O) groups excluding carboxylic acids is 3. The Balaban J connectivity index is 1.79. The van der Waals surface area contributed by atoms with Crippen LogP contribution in [0.5, 0.6) is 11.5 Å². The van der Waals surface area contributed by atoms with Gasteiger partial charge in [0.05, 0.1) is 13.2 Å². The predicted molar refractivity (Wildman–Crippen MR) is 116 cm³/mol. The largest absolute Gasteiger partial charge is 0.490 e. The lowest BCUT2D eigenvalue weighted by molar-refractivity contribution is -0.139. The fourth-order valence-corrected chi connectivity index (χ4v) is 3.91. The monoisotopic (exact) mass is 431 g/mol. The van der Waals surface area contributed by atoms with Crippen LogP contribution >= 0.6 is 0 Å². The highest BCUT2D eigenvalue weighted by Crippen LogP contribution is 2.36. The van der Waals surface area contributed by atoms with Crippen LogP contribution in [0, 0.1) is 11.8 Å². The molecule has 1 saturated heterocycles. The molecule has 2 aliphatic rings. The van der Waals surface area contributed by atoms with Crippen LogP contribution in [0.4, 0.5) is 4.79 Å². The molecule has 0 saturated carbocycles. The Morgan fingerprint density at radius 3 is 2.32 bits per heavy atom. The minimum Gasteiger partial charge on any atom is -0.490 e. The average molecular weight is 432 g/mol. The Bertz CT molecular complexity index is 844. The van der Waals surface area contributed by atoms with Crippen molar-refractivity contribution >= 4 is 17.8 Å². The molecular formula is C23H33N3O5. The van der Waals surface area contributed by atoms with Crippen LogP contribution in [-0.2, 0) is 15.1 Å². The molecule has 2 heterocycles. The number of amides is 4. The van der Waals surface area contributed by atoms with Crippen LogP contribution in [0.25, 0.3) is 0 Å². The summed E-state index contributed by atoms with van der Waals surface area (Å²) in [6, 6.07) is 4.66. The van der Waals surface area contributed by atoms with Crippen LogP contribution in [-0.4, -0.2) is 60.5 Å². The Labute approximate surface area is 183 Å². The van der Waals surface area contributed by atoms with Crippen molar-refractivity contribution in [1.82, 2.24) is 15.1 Å². The van der Waals surface area contributed by atoms with Crippen molar-refractivity contribution < 1.29 is 23.9 Å². The Hall–Kier alpha value is -2.77. The second-order valence-corrected chi connectivity index (χ2v) is 9.24. The van der Waals surface area contributed by atoms with Crippen LogP contribution in [0.2, 0.25) is 0 Å². The molecule has 0 spiro atoms. The summed E-state index contributed by atoms with van der Waals surface area (Å²) < 4.78 is 11.4. The average Bonchev–Trinajstić information content (AvgIpc) is 2.86. The summed E-state index contributed by atoms with van der Waals surface area (Å²) in [6.45, 7) is 11.8. The maximum absolute atomic E-state index is 13.3. The molecule has 31 heavy (non-hydrogen) atoms. The van der Waals surface area contributed by atoms with Crippen molar-refractivity contribution in [1.29, 1.82) is 0 Å². The van der Waals surface area contributed by atoms with Crippen molar-refractivity contribution in [2.45, 2.75) is 46.6 Å². The summed E-state index contributed by atoms with van der Waals surface area (Å²) in [6.07, 6.45) is 0.774. The SMILES string of the molecule is CC(C)CN(CC(C)C)C(=O)CN1C(=O)NC(C)(c2ccc3c(c2)OCCCO3)C1=O. The summed E-state index contributed by atoms with van der Waals surface area (Å²) in [4.78, 5) is 41.7. The van der Waals surface area contributed by atoms with Crippen LogP contribution in [0.15, 0.2) is 18.2 Å². The summed E-state index contributed by atoms with van der Waals surface area (Å²) in [5.74, 6) is 1.07. The first-order chi connectivity index (χ1) is 14.6. The van der Waals surface area contributed by atoms with Gasteiger partial charge in [-0.3, -0.25) is 14.5 Å². The van der Waals surface area contributed by atoms with Gasteiger partial charge in [-0.05, 0) is 36.5 Å². The summed E-state index contributed by atoms with van der Waals surface area (Å²) in [5, 5.41) is 2.77. The number of nitrogens with one attached hydrogen (secondary N) is 1. The maximum atomic E-state index is 13.3. The molecule has 170 valence electrons. The number of imide groups is 1. The highest BCUT2D eigenvalue weighted by molar-refractivity contribution is 6.09.